The molecule has 1 aromatic rings. The topological polar surface area (TPSA) is 32.8 Å². The summed E-state index contributed by atoms with van der Waals surface area (Å²) in [6, 6.07) is 6.34. The number of likely N-dealkylation sites (N-methyl/N-ethyl adjacent to an activating group) is 1. The fourth-order valence-corrected chi connectivity index (χ4v) is 3.06. The van der Waals surface area contributed by atoms with Crippen LogP contribution in [-0.4, -0.2) is 54.5 Å². The Balaban J connectivity index is 1.82. The molecule has 23 heavy (non-hydrogen) atoms. The summed E-state index contributed by atoms with van der Waals surface area (Å²) >= 11 is 5.99. The molecule has 0 spiro atoms. The molecule has 0 unspecified atom stereocenters. The monoisotopic (exact) mass is 338 g/mol. The van der Waals surface area contributed by atoms with Gasteiger partial charge in [-0.3, -0.25) is 4.79 Å². The van der Waals surface area contributed by atoms with E-state index in [-0.39, 0.29) is 12.5 Å². The minimum Gasteiger partial charge on any atom is -0.484 e. The smallest absolute Gasteiger partial charge is 0.260 e. The highest BCUT2D eigenvalue weighted by Gasteiger charge is 2.26. The van der Waals surface area contributed by atoms with E-state index in [0.717, 1.165) is 31.5 Å². The highest BCUT2D eigenvalue weighted by Crippen LogP contribution is 2.21. The summed E-state index contributed by atoms with van der Waals surface area (Å²) in [5, 5.41) is 0.706. The third-order valence-corrected chi connectivity index (χ3v) is 5.09. The van der Waals surface area contributed by atoms with Crippen molar-refractivity contribution < 1.29 is 9.53 Å². The molecule has 1 aliphatic rings. The van der Waals surface area contributed by atoms with Crippen molar-refractivity contribution in [3.8, 4) is 5.75 Å². The molecule has 1 fully saturated rings. The second kappa shape index (κ2) is 8.02. The van der Waals surface area contributed by atoms with Crippen molar-refractivity contribution in [1.82, 2.24) is 9.80 Å². The second-order valence-electron chi connectivity index (χ2n) is 6.57. The summed E-state index contributed by atoms with van der Waals surface area (Å²) in [7, 11) is 1.88. The molecule has 128 valence electrons. The van der Waals surface area contributed by atoms with Crippen LogP contribution >= 0.6 is 11.6 Å². The Kier molecular flexibility index (Phi) is 6.31. The van der Waals surface area contributed by atoms with Crippen molar-refractivity contribution in [3.05, 3.63) is 28.8 Å². The first-order chi connectivity index (χ1) is 10.9. The zero-order valence-corrected chi connectivity index (χ0v) is 15.3. The van der Waals surface area contributed by atoms with Gasteiger partial charge in [-0.25, -0.2) is 0 Å². The van der Waals surface area contributed by atoms with Crippen LogP contribution in [0.3, 0.4) is 0 Å². The number of hydrogen-bond donors (Lipinski definition) is 0. The van der Waals surface area contributed by atoms with Gasteiger partial charge in [-0.1, -0.05) is 11.6 Å². The third kappa shape index (κ3) is 4.85. The first-order valence-corrected chi connectivity index (χ1v) is 8.65. The zero-order valence-electron chi connectivity index (χ0n) is 14.5. The van der Waals surface area contributed by atoms with Gasteiger partial charge in [0.05, 0.1) is 0 Å². The maximum absolute atomic E-state index is 12.3. The van der Waals surface area contributed by atoms with Crippen LogP contribution in [0.5, 0.6) is 5.75 Å². The molecular formula is C18H27ClN2O2. The van der Waals surface area contributed by atoms with Crippen LogP contribution in [0.15, 0.2) is 18.2 Å². The number of aryl methyl sites for hydroxylation is 1. The minimum atomic E-state index is 0.0283. The lowest BCUT2D eigenvalue weighted by Gasteiger charge is -2.38. The van der Waals surface area contributed by atoms with Crippen molar-refractivity contribution >= 4 is 17.5 Å². The molecule has 1 heterocycles. The number of carbonyl (C=O) groups is 1. The molecule has 0 atom stereocenters. The lowest BCUT2D eigenvalue weighted by Crippen LogP contribution is -2.48. The van der Waals surface area contributed by atoms with Crippen molar-refractivity contribution in [2.75, 3.05) is 26.7 Å². The van der Waals surface area contributed by atoms with Crippen LogP contribution in [0.2, 0.25) is 5.02 Å². The van der Waals surface area contributed by atoms with E-state index in [9.17, 15) is 4.79 Å². The Labute approximate surface area is 144 Å². The molecular weight excluding hydrogens is 312 g/mol. The molecule has 1 aliphatic heterocycles. The zero-order chi connectivity index (χ0) is 17.0. The molecule has 0 radical (unpaired) electrons. The molecule has 4 nitrogen and oxygen atoms in total. The number of likely N-dealkylation sites (tertiary alicyclic amines) is 1. The van der Waals surface area contributed by atoms with E-state index < -0.39 is 0 Å². The van der Waals surface area contributed by atoms with Crippen LogP contribution in [0.25, 0.3) is 0 Å². The van der Waals surface area contributed by atoms with Crippen molar-refractivity contribution in [2.24, 2.45) is 0 Å². The van der Waals surface area contributed by atoms with Crippen LogP contribution < -0.4 is 4.74 Å². The molecule has 0 N–H and O–H groups in total. The number of piperidine rings is 1. The number of amides is 1. The lowest BCUT2D eigenvalue weighted by atomic mass is 10.0. The van der Waals surface area contributed by atoms with Gasteiger partial charge >= 0.3 is 0 Å². The van der Waals surface area contributed by atoms with Gasteiger partial charge in [-0.15, -0.1) is 0 Å². The van der Waals surface area contributed by atoms with E-state index >= 15 is 0 Å². The maximum atomic E-state index is 12.3. The first kappa shape index (κ1) is 18.1. The summed E-state index contributed by atoms with van der Waals surface area (Å²) in [6.45, 7) is 8.54. The number of halogens is 1. The van der Waals surface area contributed by atoms with Crippen molar-refractivity contribution in [3.63, 3.8) is 0 Å². The lowest BCUT2D eigenvalue weighted by molar-refractivity contribution is -0.135. The van der Waals surface area contributed by atoms with Crippen molar-refractivity contribution in [2.45, 2.75) is 45.7 Å². The van der Waals surface area contributed by atoms with Gasteiger partial charge in [0, 0.05) is 37.2 Å². The molecule has 1 saturated heterocycles. The number of ether oxygens (including phenoxy) is 1. The summed E-state index contributed by atoms with van der Waals surface area (Å²) < 4.78 is 5.61. The average molecular weight is 339 g/mol. The molecule has 2 rings (SSSR count). The fourth-order valence-electron chi connectivity index (χ4n) is 2.95. The van der Waals surface area contributed by atoms with Gasteiger partial charge in [0.25, 0.3) is 5.91 Å². The number of carbonyl (C=O) groups excluding carboxylic acids is 1. The number of rotatable bonds is 5. The summed E-state index contributed by atoms with van der Waals surface area (Å²) in [5.41, 5.74) is 0.950. The quantitative estimate of drug-likeness (QED) is 0.825. The SMILES string of the molecule is Cc1cc(OCC(=O)N(C)C2CCN(C(C)C)CC2)ccc1Cl. The molecule has 0 aliphatic carbocycles. The molecule has 5 heteroatoms. The maximum Gasteiger partial charge on any atom is 0.260 e. The van der Waals surface area contributed by atoms with Gasteiger partial charge in [0.15, 0.2) is 6.61 Å². The van der Waals surface area contributed by atoms with Gasteiger partial charge in [0.2, 0.25) is 0 Å². The van der Waals surface area contributed by atoms with Gasteiger partial charge < -0.3 is 14.5 Å². The molecule has 1 amide bonds. The Morgan fingerprint density at radius 1 is 1.39 bits per heavy atom. The van der Waals surface area contributed by atoms with Crippen molar-refractivity contribution in [1.29, 1.82) is 0 Å². The Bertz CT molecular complexity index is 540. The third-order valence-electron chi connectivity index (χ3n) is 4.66. The standard InChI is InChI=1S/C18H27ClN2O2/c1-13(2)21-9-7-15(8-10-21)20(4)18(22)12-23-16-5-6-17(19)14(3)11-16/h5-6,11,13,15H,7-10,12H2,1-4H3. The Morgan fingerprint density at radius 2 is 2.04 bits per heavy atom. The second-order valence-corrected chi connectivity index (χ2v) is 6.97. The molecule has 0 saturated carbocycles. The van der Waals surface area contributed by atoms with E-state index in [1.54, 1.807) is 12.1 Å². The summed E-state index contributed by atoms with van der Waals surface area (Å²) in [5.74, 6) is 0.712. The Hall–Kier alpha value is -1.26. The normalized spacial score (nSPS) is 16.6. The predicted molar refractivity (Wildman–Crippen MR) is 94.2 cm³/mol. The summed E-state index contributed by atoms with van der Waals surface area (Å²) in [6.07, 6.45) is 2.06. The van der Waals surface area contributed by atoms with Gasteiger partial charge in [0.1, 0.15) is 5.75 Å². The number of benzene rings is 1. The van der Waals surface area contributed by atoms with Gasteiger partial charge in [-0.05, 0) is 57.4 Å². The Morgan fingerprint density at radius 3 is 2.61 bits per heavy atom. The fraction of sp³-hybridized carbons (Fsp3) is 0.611. The first-order valence-electron chi connectivity index (χ1n) is 8.27. The molecule has 0 aromatic heterocycles. The van der Waals surface area contributed by atoms with Crippen LogP contribution in [-0.2, 0) is 4.79 Å². The van der Waals surface area contributed by atoms with E-state index in [1.165, 1.54) is 0 Å². The van der Waals surface area contributed by atoms with E-state index in [4.69, 9.17) is 16.3 Å². The molecule has 1 aromatic carbocycles. The van der Waals surface area contributed by atoms with E-state index in [2.05, 4.69) is 18.7 Å². The van der Waals surface area contributed by atoms with E-state index in [0.29, 0.717) is 22.9 Å². The largest absolute Gasteiger partial charge is 0.484 e. The highest BCUT2D eigenvalue weighted by atomic mass is 35.5. The highest BCUT2D eigenvalue weighted by molar-refractivity contribution is 6.31. The van der Waals surface area contributed by atoms with Crippen LogP contribution in [0.1, 0.15) is 32.3 Å². The average Bonchev–Trinajstić information content (AvgIpc) is 2.55. The predicted octanol–water partition coefficient (Wildman–Crippen LogP) is 3.36. The number of hydrogen-bond acceptors (Lipinski definition) is 3. The van der Waals surface area contributed by atoms with Crippen LogP contribution in [0.4, 0.5) is 0 Å². The minimum absolute atomic E-state index is 0.0283. The van der Waals surface area contributed by atoms with E-state index in [1.807, 2.05) is 24.9 Å². The summed E-state index contributed by atoms with van der Waals surface area (Å²) in [4.78, 5) is 16.7. The molecule has 0 bridgehead atoms. The van der Waals surface area contributed by atoms with Crippen LogP contribution in [0, 0.1) is 6.92 Å². The van der Waals surface area contributed by atoms with Gasteiger partial charge in [-0.2, -0.15) is 0 Å². The number of nitrogens with zero attached hydrogens (tertiary/aromatic N) is 2.